The van der Waals surface area contributed by atoms with E-state index in [1.807, 2.05) is 27.0 Å². The van der Waals surface area contributed by atoms with Crippen LogP contribution in [0.15, 0.2) is 30.6 Å². The first kappa shape index (κ1) is 17.4. The first-order valence-corrected chi connectivity index (χ1v) is 7.76. The van der Waals surface area contributed by atoms with E-state index in [0.29, 0.717) is 31.1 Å². The van der Waals surface area contributed by atoms with Crippen LogP contribution in [0.1, 0.15) is 45.6 Å². The molecule has 1 heterocycles. The van der Waals surface area contributed by atoms with Gasteiger partial charge in [-0.1, -0.05) is 39.0 Å². The van der Waals surface area contributed by atoms with Crippen LogP contribution in [-0.4, -0.2) is 27.3 Å². The molecule has 1 aliphatic rings. The molecule has 0 aromatic carbocycles. The van der Waals surface area contributed by atoms with Crippen molar-refractivity contribution in [2.24, 2.45) is 5.92 Å². The summed E-state index contributed by atoms with van der Waals surface area (Å²) in [5.41, 5.74) is 2.16. The van der Waals surface area contributed by atoms with E-state index in [1.54, 1.807) is 10.9 Å². The Balaban J connectivity index is 0.00000106. The van der Waals surface area contributed by atoms with E-state index in [1.165, 1.54) is 0 Å². The lowest BCUT2D eigenvalue weighted by Gasteiger charge is -2.15. The van der Waals surface area contributed by atoms with E-state index in [9.17, 15) is 4.79 Å². The number of carbonyl (C=O) groups excluding carboxylic acids is 1. The molecule has 0 radical (unpaired) electrons. The maximum atomic E-state index is 11.5. The fourth-order valence-corrected chi connectivity index (χ4v) is 2.26. The van der Waals surface area contributed by atoms with Gasteiger partial charge in [0.05, 0.1) is 19.3 Å². The molecular formula is C17H26N2O2. The summed E-state index contributed by atoms with van der Waals surface area (Å²) in [6.45, 7) is 6.50. The second-order valence-corrected chi connectivity index (χ2v) is 4.83. The lowest BCUT2D eigenvalue weighted by molar-refractivity contribution is -0.119. The van der Waals surface area contributed by atoms with Crippen LogP contribution in [0, 0.1) is 5.92 Å². The molecule has 1 aromatic heterocycles. The van der Waals surface area contributed by atoms with Crippen molar-refractivity contribution in [1.29, 1.82) is 0 Å². The minimum Gasteiger partial charge on any atom is -0.394 e. The summed E-state index contributed by atoms with van der Waals surface area (Å²) >= 11 is 0. The number of hydrogen-bond donors (Lipinski definition) is 1. The second kappa shape index (κ2) is 9.29. The Morgan fingerprint density at radius 2 is 2.24 bits per heavy atom. The Bertz CT molecular complexity index is 501. The first-order chi connectivity index (χ1) is 10.2. The summed E-state index contributed by atoms with van der Waals surface area (Å²) in [5, 5.41) is 13.1. The Morgan fingerprint density at radius 1 is 1.48 bits per heavy atom. The zero-order valence-corrected chi connectivity index (χ0v) is 13.2. The van der Waals surface area contributed by atoms with Crippen molar-refractivity contribution in [1.82, 2.24) is 9.78 Å². The maximum Gasteiger partial charge on any atom is 0.133 e. The van der Waals surface area contributed by atoms with Gasteiger partial charge < -0.3 is 5.11 Å². The van der Waals surface area contributed by atoms with Gasteiger partial charge in [0.25, 0.3) is 0 Å². The summed E-state index contributed by atoms with van der Waals surface area (Å²) in [6, 6.07) is 0. The molecule has 21 heavy (non-hydrogen) atoms. The standard InChI is InChI=1S/C15H20N2O2.C2H6/c1-2-15(19)9-12-4-3-5-13(8-12)14-10-16-17(11-14)6-7-18;1-2/h3,5,8,10-12,18H,2,4,6-7,9H2,1H3;1-2H3. The summed E-state index contributed by atoms with van der Waals surface area (Å²) in [5.74, 6) is 0.612. The van der Waals surface area contributed by atoms with Gasteiger partial charge in [-0.3, -0.25) is 9.48 Å². The van der Waals surface area contributed by atoms with Gasteiger partial charge in [0.2, 0.25) is 0 Å². The van der Waals surface area contributed by atoms with Gasteiger partial charge in [0.1, 0.15) is 5.78 Å². The van der Waals surface area contributed by atoms with Crippen LogP contribution in [0.2, 0.25) is 0 Å². The Labute approximate surface area is 127 Å². The van der Waals surface area contributed by atoms with Crippen LogP contribution >= 0.6 is 0 Å². The van der Waals surface area contributed by atoms with Crippen molar-refractivity contribution in [2.75, 3.05) is 6.61 Å². The van der Waals surface area contributed by atoms with Gasteiger partial charge >= 0.3 is 0 Å². The molecule has 0 fully saturated rings. The molecule has 1 aromatic rings. The number of hydrogen-bond acceptors (Lipinski definition) is 3. The average Bonchev–Trinajstić information content (AvgIpc) is 2.98. The molecule has 0 aliphatic heterocycles. The minimum absolute atomic E-state index is 0.0869. The number of allylic oxidation sites excluding steroid dienone is 4. The number of aromatic nitrogens is 2. The fraction of sp³-hybridized carbons (Fsp3) is 0.529. The minimum atomic E-state index is 0.0869. The Morgan fingerprint density at radius 3 is 2.90 bits per heavy atom. The van der Waals surface area contributed by atoms with E-state index in [2.05, 4.69) is 23.3 Å². The van der Waals surface area contributed by atoms with E-state index < -0.39 is 0 Å². The quantitative estimate of drug-likeness (QED) is 0.875. The predicted molar refractivity (Wildman–Crippen MR) is 85.8 cm³/mol. The highest BCUT2D eigenvalue weighted by Crippen LogP contribution is 2.26. The highest BCUT2D eigenvalue weighted by molar-refractivity contribution is 5.80. The molecular weight excluding hydrogens is 264 g/mol. The van der Waals surface area contributed by atoms with Crippen molar-refractivity contribution >= 4 is 11.4 Å². The topological polar surface area (TPSA) is 55.1 Å². The summed E-state index contributed by atoms with van der Waals surface area (Å²) in [7, 11) is 0. The van der Waals surface area contributed by atoms with Crippen LogP contribution in [0.4, 0.5) is 0 Å². The molecule has 0 spiro atoms. The van der Waals surface area contributed by atoms with Crippen molar-refractivity contribution in [3.8, 4) is 0 Å². The Kier molecular flexibility index (Phi) is 7.69. The van der Waals surface area contributed by atoms with Crippen molar-refractivity contribution in [3.05, 3.63) is 36.2 Å². The molecule has 0 amide bonds. The third-order valence-corrected chi connectivity index (χ3v) is 3.33. The lowest BCUT2D eigenvalue weighted by Crippen LogP contribution is -2.07. The molecule has 0 bridgehead atoms. The number of ketones is 1. The zero-order valence-electron chi connectivity index (χ0n) is 13.2. The summed E-state index contributed by atoms with van der Waals surface area (Å²) in [4.78, 5) is 11.5. The maximum absolute atomic E-state index is 11.5. The van der Waals surface area contributed by atoms with E-state index in [4.69, 9.17) is 5.11 Å². The second-order valence-electron chi connectivity index (χ2n) is 4.83. The third-order valence-electron chi connectivity index (χ3n) is 3.33. The molecule has 116 valence electrons. The number of carbonyl (C=O) groups is 1. The van der Waals surface area contributed by atoms with Gasteiger partial charge in [-0.25, -0.2) is 0 Å². The molecule has 1 N–H and O–H groups in total. The number of aliphatic hydroxyl groups excluding tert-OH is 1. The first-order valence-electron chi connectivity index (χ1n) is 7.76. The average molecular weight is 290 g/mol. The lowest BCUT2D eigenvalue weighted by atomic mass is 9.89. The van der Waals surface area contributed by atoms with Crippen molar-refractivity contribution in [3.63, 3.8) is 0 Å². The van der Waals surface area contributed by atoms with Gasteiger partial charge in [0, 0.05) is 24.6 Å². The number of nitrogens with zero attached hydrogens (tertiary/aromatic N) is 2. The number of rotatable bonds is 6. The monoisotopic (exact) mass is 290 g/mol. The highest BCUT2D eigenvalue weighted by atomic mass is 16.3. The van der Waals surface area contributed by atoms with E-state index in [0.717, 1.165) is 17.6 Å². The summed E-state index contributed by atoms with van der Waals surface area (Å²) < 4.78 is 1.73. The molecule has 1 unspecified atom stereocenters. The van der Waals surface area contributed by atoms with Gasteiger partial charge in [-0.15, -0.1) is 0 Å². The van der Waals surface area contributed by atoms with Crippen LogP contribution in [0.25, 0.3) is 5.57 Å². The normalized spacial score (nSPS) is 17.0. The smallest absolute Gasteiger partial charge is 0.133 e. The fourth-order valence-electron chi connectivity index (χ4n) is 2.26. The molecule has 4 heteroatoms. The zero-order chi connectivity index (χ0) is 15.7. The highest BCUT2D eigenvalue weighted by Gasteiger charge is 2.14. The van der Waals surface area contributed by atoms with Crippen LogP contribution in [0.3, 0.4) is 0 Å². The Hall–Kier alpha value is -1.68. The molecule has 1 atom stereocenters. The largest absolute Gasteiger partial charge is 0.394 e. The molecule has 0 saturated carbocycles. The van der Waals surface area contributed by atoms with Crippen LogP contribution in [-0.2, 0) is 11.3 Å². The molecule has 2 rings (SSSR count). The SMILES string of the molecule is CC.CCC(=O)CC1C=C(c2cnn(CCO)c2)C=CC1. The van der Waals surface area contributed by atoms with Gasteiger partial charge in [-0.05, 0) is 17.9 Å². The van der Waals surface area contributed by atoms with E-state index in [-0.39, 0.29) is 6.61 Å². The van der Waals surface area contributed by atoms with Gasteiger partial charge in [0.15, 0.2) is 0 Å². The van der Waals surface area contributed by atoms with Crippen LogP contribution in [0.5, 0.6) is 0 Å². The molecule has 1 aliphatic carbocycles. The van der Waals surface area contributed by atoms with Crippen LogP contribution < -0.4 is 0 Å². The third kappa shape index (κ3) is 5.31. The summed E-state index contributed by atoms with van der Waals surface area (Å²) in [6.07, 6.45) is 12.2. The predicted octanol–water partition coefficient (Wildman–Crippen LogP) is 3.23. The van der Waals surface area contributed by atoms with E-state index >= 15 is 0 Å². The molecule has 0 saturated heterocycles. The number of Topliss-reactive ketones (excluding diaryl/α,β-unsaturated/α-hetero) is 1. The number of aliphatic hydroxyl groups is 1. The van der Waals surface area contributed by atoms with Gasteiger partial charge in [-0.2, -0.15) is 5.10 Å². The van der Waals surface area contributed by atoms with Crippen molar-refractivity contribution < 1.29 is 9.90 Å². The molecule has 4 nitrogen and oxygen atoms in total. The van der Waals surface area contributed by atoms with Crippen molar-refractivity contribution in [2.45, 2.75) is 46.6 Å².